The zero-order valence-electron chi connectivity index (χ0n) is 14.7. The van der Waals surface area contributed by atoms with Crippen molar-refractivity contribution < 1.29 is 14.3 Å². The van der Waals surface area contributed by atoms with Crippen LogP contribution in [0.4, 0.5) is 4.79 Å². The molecule has 0 aromatic carbocycles. The zero-order chi connectivity index (χ0) is 18.0. The maximum atomic E-state index is 12.6. The molecule has 8 nitrogen and oxygen atoms in total. The first kappa shape index (κ1) is 17.4. The molecule has 2 saturated heterocycles. The van der Waals surface area contributed by atoms with Crippen LogP contribution >= 0.6 is 0 Å². The lowest BCUT2D eigenvalue weighted by molar-refractivity contribution is -0.131. The maximum absolute atomic E-state index is 12.6. The number of aromatic nitrogens is 2. The van der Waals surface area contributed by atoms with Gasteiger partial charge in [-0.15, -0.1) is 0 Å². The molecule has 1 aromatic heterocycles. The molecule has 136 valence electrons. The van der Waals surface area contributed by atoms with E-state index in [0.717, 1.165) is 24.1 Å². The molecule has 0 aliphatic carbocycles. The van der Waals surface area contributed by atoms with Gasteiger partial charge < -0.3 is 19.9 Å². The average molecular weight is 348 g/mol. The van der Waals surface area contributed by atoms with E-state index in [0.29, 0.717) is 44.6 Å². The molecule has 2 fully saturated rings. The highest BCUT2D eigenvalue weighted by Crippen LogP contribution is 2.29. The lowest BCUT2D eigenvalue weighted by atomic mass is 9.95. The first-order chi connectivity index (χ1) is 11.9. The van der Waals surface area contributed by atoms with Gasteiger partial charge in [0.05, 0.1) is 6.54 Å². The number of likely N-dealkylation sites (tertiary alicyclic amines) is 1. The normalized spacial score (nSPS) is 23.3. The first-order valence-electron chi connectivity index (χ1n) is 8.70. The Hall–Kier alpha value is -2.38. The Balaban J connectivity index is 1.59. The van der Waals surface area contributed by atoms with Crippen LogP contribution in [0.25, 0.3) is 0 Å². The summed E-state index contributed by atoms with van der Waals surface area (Å²) in [4.78, 5) is 43.7. The molecule has 1 atom stereocenters. The highest BCUT2D eigenvalue weighted by molar-refractivity contribution is 5.76. The summed E-state index contributed by atoms with van der Waals surface area (Å²) in [5.74, 6) is 0.0827. The molecule has 3 rings (SSSR count). The number of nitrogens with one attached hydrogen (secondary N) is 2. The summed E-state index contributed by atoms with van der Waals surface area (Å²) in [6, 6.07) is 0. The Bertz CT molecular complexity index is 718. The number of hydrogen-bond donors (Lipinski definition) is 2. The highest BCUT2D eigenvalue weighted by atomic mass is 16.6. The highest BCUT2D eigenvalue weighted by Gasteiger charge is 2.41. The van der Waals surface area contributed by atoms with Gasteiger partial charge in [0.1, 0.15) is 5.60 Å². The Morgan fingerprint density at radius 2 is 2.08 bits per heavy atom. The van der Waals surface area contributed by atoms with Crippen LogP contribution in [0.1, 0.15) is 42.6 Å². The number of carbonyl (C=O) groups excluding carboxylic acids is 2. The molecule has 2 aliphatic rings. The quantitative estimate of drug-likeness (QED) is 0.841. The van der Waals surface area contributed by atoms with Crippen molar-refractivity contribution in [3.63, 3.8) is 0 Å². The average Bonchev–Trinajstić information content (AvgIpc) is 2.77. The molecule has 0 radical (unpaired) electrons. The van der Waals surface area contributed by atoms with Gasteiger partial charge in [-0.3, -0.25) is 4.79 Å². The SMILES string of the molecule is Cc1nc(=O)[nH]c(C)c1CCC(=O)N1CCC[C@]2(CC1)CNC(=O)O2. The van der Waals surface area contributed by atoms with Gasteiger partial charge in [-0.1, -0.05) is 0 Å². The molecule has 0 saturated carbocycles. The number of ether oxygens (including phenoxy) is 1. The van der Waals surface area contributed by atoms with E-state index in [1.165, 1.54) is 0 Å². The molecular weight excluding hydrogens is 324 g/mol. The van der Waals surface area contributed by atoms with Crippen molar-refractivity contribution >= 4 is 12.0 Å². The second-order valence-corrected chi connectivity index (χ2v) is 6.89. The van der Waals surface area contributed by atoms with Crippen molar-refractivity contribution in [2.24, 2.45) is 0 Å². The van der Waals surface area contributed by atoms with Crippen molar-refractivity contribution in [2.45, 2.75) is 51.6 Å². The fourth-order valence-corrected chi connectivity index (χ4v) is 3.71. The number of aryl methyl sites for hydroxylation is 2. The van der Waals surface area contributed by atoms with Gasteiger partial charge in [0, 0.05) is 37.3 Å². The third-order valence-electron chi connectivity index (χ3n) is 5.16. The van der Waals surface area contributed by atoms with Gasteiger partial charge in [-0.2, -0.15) is 4.98 Å². The first-order valence-corrected chi connectivity index (χ1v) is 8.70. The van der Waals surface area contributed by atoms with E-state index in [2.05, 4.69) is 15.3 Å². The van der Waals surface area contributed by atoms with Crippen molar-refractivity contribution in [1.82, 2.24) is 20.2 Å². The summed E-state index contributed by atoms with van der Waals surface area (Å²) >= 11 is 0. The lowest BCUT2D eigenvalue weighted by Gasteiger charge is -2.25. The minimum atomic E-state index is -0.456. The topological polar surface area (TPSA) is 104 Å². The fourth-order valence-electron chi connectivity index (χ4n) is 3.71. The van der Waals surface area contributed by atoms with E-state index in [-0.39, 0.29) is 17.7 Å². The van der Waals surface area contributed by atoms with Crippen molar-refractivity contribution in [2.75, 3.05) is 19.6 Å². The Morgan fingerprint density at radius 3 is 2.76 bits per heavy atom. The summed E-state index contributed by atoms with van der Waals surface area (Å²) in [5, 5.41) is 2.71. The number of nitrogens with zero attached hydrogens (tertiary/aromatic N) is 2. The minimum Gasteiger partial charge on any atom is -0.441 e. The number of alkyl carbamates (subject to hydrolysis) is 1. The smallest absolute Gasteiger partial charge is 0.407 e. The number of hydrogen-bond acceptors (Lipinski definition) is 5. The number of amides is 2. The Kier molecular flexibility index (Phi) is 4.78. The second-order valence-electron chi connectivity index (χ2n) is 6.89. The van der Waals surface area contributed by atoms with Crippen LogP contribution in [-0.2, 0) is 16.0 Å². The summed E-state index contributed by atoms with van der Waals surface area (Å²) in [6.07, 6.45) is 2.82. The van der Waals surface area contributed by atoms with Gasteiger partial charge in [0.25, 0.3) is 0 Å². The maximum Gasteiger partial charge on any atom is 0.407 e. The monoisotopic (exact) mass is 348 g/mol. The number of rotatable bonds is 3. The van der Waals surface area contributed by atoms with E-state index < -0.39 is 5.60 Å². The van der Waals surface area contributed by atoms with Crippen molar-refractivity contribution in [3.8, 4) is 0 Å². The van der Waals surface area contributed by atoms with E-state index in [9.17, 15) is 14.4 Å². The molecule has 3 heterocycles. The standard InChI is InChI=1S/C17H24N4O4/c1-11-13(12(2)20-15(23)19-11)4-5-14(22)21-8-3-6-17(7-9-21)10-18-16(24)25-17/h3-10H2,1-2H3,(H,18,24)(H,19,20,23)/t17-/m0/s1. The van der Waals surface area contributed by atoms with Crippen molar-refractivity contribution in [1.29, 1.82) is 0 Å². The molecule has 0 bridgehead atoms. The summed E-state index contributed by atoms with van der Waals surface area (Å²) in [6.45, 7) is 5.41. The summed E-state index contributed by atoms with van der Waals surface area (Å²) < 4.78 is 5.44. The molecule has 25 heavy (non-hydrogen) atoms. The minimum absolute atomic E-state index is 0.0827. The van der Waals surface area contributed by atoms with Crippen LogP contribution in [0, 0.1) is 13.8 Å². The fraction of sp³-hybridized carbons (Fsp3) is 0.647. The van der Waals surface area contributed by atoms with E-state index in [1.54, 1.807) is 6.92 Å². The van der Waals surface area contributed by atoms with Crippen LogP contribution in [0.5, 0.6) is 0 Å². The van der Waals surface area contributed by atoms with Crippen LogP contribution < -0.4 is 11.0 Å². The molecule has 2 amide bonds. The van der Waals surface area contributed by atoms with Crippen LogP contribution in [0.3, 0.4) is 0 Å². The molecule has 2 N–H and O–H groups in total. The predicted molar refractivity (Wildman–Crippen MR) is 90.3 cm³/mol. The van der Waals surface area contributed by atoms with Gasteiger partial charge in [-0.25, -0.2) is 9.59 Å². The molecular formula is C17H24N4O4. The molecule has 1 spiro atoms. The molecule has 8 heteroatoms. The molecule has 1 aromatic rings. The zero-order valence-corrected chi connectivity index (χ0v) is 14.7. The van der Waals surface area contributed by atoms with Crippen LogP contribution in [0.2, 0.25) is 0 Å². The van der Waals surface area contributed by atoms with Gasteiger partial charge in [0.2, 0.25) is 5.91 Å². The molecule has 2 aliphatic heterocycles. The summed E-state index contributed by atoms with van der Waals surface area (Å²) in [7, 11) is 0. The number of H-pyrrole nitrogens is 1. The van der Waals surface area contributed by atoms with E-state index >= 15 is 0 Å². The second kappa shape index (κ2) is 6.85. The Labute approximate surface area is 146 Å². The third-order valence-corrected chi connectivity index (χ3v) is 5.16. The number of aromatic amines is 1. The van der Waals surface area contributed by atoms with Gasteiger partial charge >= 0.3 is 11.8 Å². The van der Waals surface area contributed by atoms with E-state index in [4.69, 9.17) is 4.74 Å². The van der Waals surface area contributed by atoms with Gasteiger partial charge in [0.15, 0.2) is 0 Å². The number of carbonyl (C=O) groups is 2. The van der Waals surface area contributed by atoms with E-state index in [1.807, 2.05) is 11.8 Å². The lowest BCUT2D eigenvalue weighted by Crippen LogP contribution is -2.36. The Morgan fingerprint density at radius 1 is 1.28 bits per heavy atom. The summed E-state index contributed by atoms with van der Waals surface area (Å²) in [5.41, 5.74) is 1.55. The molecule has 0 unspecified atom stereocenters. The van der Waals surface area contributed by atoms with Crippen molar-refractivity contribution in [3.05, 3.63) is 27.4 Å². The largest absolute Gasteiger partial charge is 0.441 e. The predicted octanol–water partition coefficient (Wildman–Crippen LogP) is 0.810. The third kappa shape index (κ3) is 3.83. The van der Waals surface area contributed by atoms with Crippen LogP contribution in [0.15, 0.2) is 4.79 Å². The van der Waals surface area contributed by atoms with Gasteiger partial charge in [-0.05, 0) is 38.7 Å². The van der Waals surface area contributed by atoms with Crippen LogP contribution in [-0.4, -0.2) is 52.1 Å².